The largest absolute Gasteiger partial charge is 0.497 e. The lowest BCUT2D eigenvalue weighted by Gasteiger charge is -2.19. The van der Waals surface area contributed by atoms with Gasteiger partial charge in [-0.05, 0) is 36.2 Å². The topological polar surface area (TPSA) is 88.8 Å². The van der Waals surface area contributed by atoms with Crippen LogP contribution in [0.15, 0.2) is 47.1 Å². The van der Waals surface area contributed by atoms with Gasteiger partial charge in [0.05, 0.1) is 26.2 Å². The molecule has 1 aromatic heterocycles. The number of methoxy groups -OCH3 is 1. The SMILES string of the molecule is COc1cccc(CCN(CCC(=O)NCc2ccco2)S(C)(=O)=O)c1. The first kappa shape index (κ1) is 20.0. The van der Waals surface area contributed by atoms with Gasteiger partial charge in [-0.25, -0.2) is 12.7 Å². The van der Waals surface area contributed by atoms with Gasteiger partial charge >= 0.3 is 0 Å². The highest BCUT2D eigenvalue weighted by Crippen LogP contribution is 2.14. The molecule has 0 unspecified atom stereocenters. The zero-order valence-corrected chi connectivity index (χ0v) is 15.8. The first-order chi connectivity index (χ1) is 12.4. The van der Waals surface area contributed by atoms with Crippen molar-refractivity contribution in [2.75, 3.05) is 26.5 Å². The monoisotopic (exact) mass is 380 g/mol. The molecule has 26 heavy (non-hydrogen) atoms. The van der Waals surface area contributed by atoms with Gasteiger partial charge in [0.15, 0.2) is 0 Å². The molecule has 142 valence electrons. The number of furan rings is 1. The quantitative estimate of drug-likeness (QED) is 0.679. The Labute approximate surface area is 154 Å². The Bertz CT molecular complexity index is 803. The maximum Gasteiger partial charge on any atom is 0.221 e. The summed E-state index contributed by atoms with van der Waals surface area (Å²) in [5.74, 6) is 1.15. The van der Waals surface area contributed by atoms with E-state index in [-0.39, 0.29) is 25.4 Å². The summed E-state index contributed by atoms with van der Waals surface area (Å²) in [6.07, 6.45) is 3.31. The molecule has 1 amide bonds. The summed E-state index contributed by atoms with van der Waals surface area (Å²) < 4.78 is 35.6. The molecular weight excluding hydrogens is 356 g/mol. The molecule has 0 aliphatic rings. The summed E-state index contributed by atoms with van der Waals surface area (Å²) in [6, 6.07) is 11.0. The van der Waals surface area contributed by atoms with Crippen LogP contribution in [0, 0.1) is 0 Å². The zero-order chi connectivity index (χ0) is 19.0. The average molecular weight is 380 g/mol. The van der Waals surface area contributed by atoms with Crippen molar-refractivity contribution >= 4 is 15.9 Å². The van der Waals surface area contributed by atoms with Crippen molar-refractivity contribution in [2.45, 2.75) is 19.4 Å². The van der Waals surface area contributed by atoms with E-state index >= 15 is 0 Å². The van der Waals surface area contributed by atoms with Crippen molar-refractivity contribution < 1.29 is 22.4 Å². The van der Waals surface area contributed by atoms with Gasteiger partial charge in [0.2, 0.25) is 15.9 Å². The van der Waals surface area contributed by atoms with E-state index in [0.717, 1.165) is 17.6 Å². The minimum absolute atomic E-state index is 0.0892. The van der Waals surface area contributed by atoms with Gasteiger partial charge in [-0.3, -0.25) is 4.79 Å². The van der Waals surface area contributed by atoms with E-state index < -0.39 is 10.0 Å². The van der Waals surface area contributed by atoms with Gasteiger partial charge in [0.25, 0.3) is 0 Å². The van der Waals surface area contributed by atoms with Crippen LogP contribution in [0.25, 0.3) is 0 Å². The molecular formula is C18H24N2O5S. The summed E-state index contributed by atoms with van der Waals surface area (Å²) in [4.78, 5) is 11.9. The van der Waals surface area contributed by atoms with Crippen molar-refractivity contribution in [3.05, 3.63) is 54.0 Å². The van der Waals surface area contributed by atoms with Crippen LogP contribution >= 0.6 is 0 Å². The Kier molecular flexibility index (Phi) is 7.23. The highest BCUT2D eigenvalue weighted by atomic mass is 32.2. The molecule has 1 heterocycles. The minimum atomic E-state index is -3.40. The molecule has 7 nitrogen and oxygen atoms in total. The minimum Gasteiger partial charge on any atom is -0.497 e. The Balaban J connectivity index is 1.85. The molecule has 0 aliphatic heterocycles. The summed E-state index contributed by atoms with van der Waals surface area (Å²) >= 11 is 0. The lowest BCUT2D eigenvalue weighted by molar-refractivity contribution is -0.121. The van der Waals surface area contributed by atoms with Crippen LogP contribution in [0.1, 0.15) is 17.7 Å². The number of benzene rings is 1. The number of rotatable bonds is 10. The van der Waals surface area contributed by atoms with Crippen molar-refractivity contribution in [3.63, 3.8) is 0 Å². The Morgan fingerprint density at radius 2 is 2.04 bits per heavy atom. The average Bonchev–Trinajstić information content (AvgIpc) is 3.12. The van der Waals surface area contributed by atoms with Crippen LogP contribution in [0.2, 0.25) is 0 Å². The first-order valence-electron chi connectivity index (χ1n) is 8.25. The van der Waals surface area contributed by atoms with Crippen LogP contribution < -0.4 is 10.1 Å². The van der Waals surface area contributed by atoms with Crippen molar-refractivity contribution in [1.29, 1.82) is 0 Å². The smallest absolute Gasteiger partial charge is 0.221 e. The van der Waals surface area contributed by atoms with E-state index in [9.17, 15) is 13.2 Å². The second-order valence-corrected chi connectivity index (χ2v) is 7.85. The second-order valence-electron chi connectivity index (χ2n) is 5.87. The normalized spacial score (nSPS) is 11.5. The fourth-order valence-corrected chi connectivity index (χ4v) is 3.28. The van der Waals surface area contributed by atoms with Gasteiger partial charge in [0, 0.05) is 19.5 Å². The number of ether oxygens (including phenoxy) is 1. The number of carbonyl (C=O) groups excluding carboxylic acids is 1. The van der Waals surface area contributed by atoms with Crippen LogP contribution in [-0.4, -0.2) is 45.1 Å². The van der Waals surface area contributed by atoms with Gasteiger partial charge in [0.1, 0.15) is 11.5 Å². The third kappa shape index (κ3) is 6.53. The standard InChI is InChI=1S/C18H24N2O5S/c1-24-16-6-3-5-15(13-16)8-10-20(26(2,22)23)11-9-18(21)19-14-17-7-4-12-25-17/h3-7,12-13H,8-11,14H2,1-2H3,(H,19,21). The summed E-state index contributed by atoms with van der Waals surface area (Å²) in [7, 11) is -1.81. The Morgan fingerprint density at radius 3 is 2.69 bits per heavy atom. The van der Waals surface area contributed by atoms with Crippen molar-refractivity contribution in [1.82, 2.24) is 9.62 Å². The van der Waals surface area contributed by atoms with Gasteiger partial charge in [-0.1, -0.05) is 12.1 Å². The van der Waals surface area contributed by atoms with Crippen molar-refractivity contribution in [2.24, 2.45) is 0 Å². The highest BCUT2D eigenvalue weighted by Gasteiger charge is 2.18. The van der Waals surface area contributed by atoms with E-state index in [0.29, 0.717) is 18.7 Å². The first-order valence-corrected chi connectivity index (χ1v) is 10.1. The predicted octanol–water partition coefficient (Wildman–Crippen LogP) is 1.80. The predicted molar refractivity (Wildman–Crippen MR) is 98.3 cm³/mol. The molecule has 0 saturated carbocycles. The third-order valence-electron chi connectivity index (χ3n) is 3.88. The van der Waals surface area contributed by atoms with E-state index in [2.05, 4.69) is 5.32 Å². The van der Waals surface area contributed by atoms with Gasteiger partial charge in [-0.15, -0.1) is 0 Å². The summed E-state index contributed by atoms with van der Waals surface area (Å²) in [5.41, 5.74) is 0.972. The zero-order valence-electron chi connectivity index (χ0n) is 15.0. The molecule has 0 atom stereocenters. The number of hydrogen-bond acceptors (Lipinski definition) is 5. The van der Waals surface area contributed by atoms with Crippen molar-refractivity contribution in [3.8, 4) is 5.75 Å². The number of sulfonamides is 1. The maximum atomic E-state index is 12.0. The summed E-state index contributed by atoms with van der Waals surface area (Å²) in [6.45, 7) is 0.721. The number of nitrogens with one attached hydrogen (secondary N) is 1. The molecule has 0 bridgehead atoms. The lowest BCUT2D eigenvalue weighted by Crippen LogP contribution is -2.35. The highest BCUT2D eigenvalue weighted by molar-refractivity contribution is 7.88. The number of hydrogen-bond donors (Lipinski definition) is 1. The third-order valence-corrected chi connectivity index (χ3v) is 5.18. The van der Waals surface area contributed by atoms with E-state index in [1.54, 1.807) is 19.2 Å². The van der Waals surface area contributed by atoms with Crippen LogP contribution in [0.3, 0.4) is 0 Å². The number of amides is 1. The van der Waals surface area contributed by atoms with Gasteiger partial charge < -0.3 is 14.5 Å². The van der Waals surface area contributed by atoms with Crippen LogP contribution in [0.5, 0.6) is 5.75 Å². The Morgan fingerprint density at radius 1 is 1.23 bits per heavy atom. The fraction of sp³-hybridized carbons (Fsp3) is 0.389. The van der Waals surface area contributed by atoms with E-state index in [4.69, 9.17) is 9.15 Å². The van der Waals surface area contributed by atoms with Crippen LogP contribution in [0.4, 0.5) is 0 Å². The number of nitrogens with zero attached hydrogens (tertiary/aromatic N) is 1. The molecule has 0 radical (unpaired) electrons. The number of carbonyl (C=O) groups is 1. The maximum absolute atomic E-state index is 12.0. The lowest BCUT2D eigenvalue weighted by atomic mass is 10.1. The molecule has 0 saturated heterocycles. The fourth-order valence-electron chi connectivity index (χ4n) is 2.44. The molecule has 0 spiro atoms. The molecule has 0 fully saturated rings. The summed E-state index contributed by atoms with van der Waals surface area (Å²) in [5, 5.41) is 2.71. The molecule has 0 aliphatic carbocycles. The van der Waals surface area contributed by atoms with E-state index in [1.807, 2.05) is 24.3 Å². The Hall–Kier alpha value is -2.32. The molecule has 1 aromatic carbocycles. The second kappa shape index (κ2) is 9.40. The molecule has 1 N–H and O–H groups in total. The molecule has 2 aromatic rings. The molecule has 2 rings (SSSR count). The van der Waals surface area contributed by atoms with E-state index in [1.165, 1.54) is 10.6 Å². The van der Waals surface area contributed by atoms with Gasteiger partial charge in [-0.2, -0.15) is 0 Å². The van der Waals surface area contributed by atoms with Crippen LogP contribution in [-0.2, 0) is 27.8 Å². The molecule has 8 heteroatoms.